The van der Waals surface area contributed by atoms with E-state index in [1.807, 2.05) is 73.1 Å². The van der Waals surface area contributed by atoms with E-state index < -0.39 is 0 Å². The molecule has 0 fully saturated rings. The number of aryl methyl sites for hydroxylation is 1. The van der Waals surface area contributed by atoms with Crippen LogP contribution in [0.1, 0.15) is 22.5 Å². The van der Waals surface area contributed by atoms with Gasteiger partial charge in [0.25, 0.3) is 0 Å². The predicted octanol–water partition coefficient (Wildman–Crippen LogP) is 4.85. The van der Waals surface area contributed by atoms with Crippen molar-refractivity contribution in [1.82, 2.24) is 9.78 Å². The number of nitrogens with one attached hydrogen (secondary N) is 1. The molecule has 1 amide bonds. The number of nitrogens with zero attached hydrogens (tertiary/aromatic N) is 2. The average Bonchev–Trinajstić information content (AvgIpc) is 2.90. The summed E-state index contributed by atoms with van der Waals surface area (Å²) in [7, 11) is 0. The van der Waals surface area contributed by atoms with Gasteiger partial charge in [0.1, 0.15) is 0 Å². The summed E-state index contributed by atoms with van der Waals surface area (Å²) < 4.78 is 1.88. The van der Waals surface area contributed by atoms with Crippen LogP contribution in [0.25, 0.3) is 6.08 Å². The number of hydrogen-bond donors (Lipinski definition) is 1. The van der Waals surface area contributed by atoms with E-state index >= 15 is 0 Å². The van der Waals surface area contributed by atoms with E-state index in [-0.39, 0.29) is 5.91 Å². The van der Waals surface area contributed by atoms with Gasteiger partial charge in [-0.25, -0.2) is 0 Å². The van der Waals surface area contributed by atoms with Gasteiger partial charge in [-0.2, -0.15) is 5.10 Å². The molecular formula is C21H20ClN3O. The van der Waals surface area contributed by atoms with Crippen LogP contribution >= 0.6 is 11.6 Å². The Kier molecular flexibility index (Phi) is 5.54. The Morgan fingerprint density at radius 2 is 1.81 bits per heavy atom. The first-order valence-corrected chi connectivity index (χ1v) is 8.73. The van der Waals surface area contributed by atoms with Gasteiger partial charge in [-0.1, -0.05) is 54.1 Å². The third-order valence-electron chi connectivity index (χ3n) is 4.10. The van der Waals surface area contributed by atoms with Crippen LogP contribution in [0.2, 0.25) is 5.02 Å². The molecule has 0 unspecified atom stereocenters. The average molecular weight is 366 g/mol. The van der Waals surface area contributed by atoms with Gasteiger partial charge in [0.15, 0.2) is 0 Å². The molecule has 1 heterocycles. The Morgan fingerprint density at radius 1 is 1.12 bits per heavy atom. The Hall–Kier alpha value is -2.85. The first kappa shape index (κ1) is 18.0. The molecule has 2 aromatic carbocycles. The second-order valence-electron chi connectivity index (χ2n) is 6.06. The highest BCUT2D eigenvalue weighted by molar-refractivity contribution is 6.30. The van der Waals surface area contributed by atoms with Gasteiger partial charge >= 0.3 is 0 Å². The number of carbonyl (C=O) groups is 1. The largest absolute Gasteiger partial charge is 0.319 e. The summed E-state index contributed by atoms with van der Waals surface area (Å²) in [6.45, 7) is 4.47. The molecule has 0 bridgehead atoms. The van der Waals surface area contributed by atoms with Crippen LogP contribution in [0.4, 0.5) is 5.69 Å². The fraction of sp³-hybridized carbons (Fsp3) is 0.143. The fourth-order valence-electron chi connectivity index (χ4n) is 2.70. The van der Waals surface area contributed by atoms with Crippen LogP contribution in [0.3, 0.4) is 0 Å². The molecule has 0 saturated carbocycles. The molecule has 3 rings (SSSR count). The standard InChI is InChI=1S/C21H20ClN3O/c1-15-21(23-20(26)13-10-17-6-4-3-5-7-17)16(2)25(24-15)14-18-8-11-19(22)12-9-18/h3-13H,14H2,1-2H3,(H,23,26). The first-order valence-electron chi connectivity index (χ1n) is 8.35. The van der Waals surface area contributed by atoms with Gasteiger partial charge in [-0.3, -0.25) is 9.48 Å². The Morgan fingerprint density at radius 3 is 2.50 bits per heavy atom. The van der Waals surface area contributed by atoms with Crippen molar-refractivity contribution in [2.75, 3.05) is 5.32 Å². The maximum absolute atomic E-state index is 12.2. The summed E-state index contributed by atoms with van der Waals surface area (Å²) >= 11 is 5.93. The minimum atomic E-state index is -0.175. The van der Waals surface area contributed by atoms with Crippen LogP contribution in [-0.2, 0) is 11.3 Å². The van der Waals surface area contributed by atoms with E-state index in [0.717, 1.165) is 28.2 Å². The third-order valence-corrected chi connectivity index (χ3v) is 4.35. The summed E-state index contributed by atoms with van der Waals surface area (Å²) in [4.78, 5) is 12.2. The number of halogens is 1. The highest BCUT2D eigenvalue weighted by atomic mass is 35.5. The number of aromatic nitrogens is 2. The topological polar surface area (TPSA) is 46.9 Å². The van der Waals surface area contributed by atoms with Crippen LogP contribution in [0.5, 0.6) is 0 Å². The second-order valence-corrected chi connectivity index (χ2v) is 6.50. The fourth-order valence-corrected chi connectivity index (χ4v) is 2.82. The summed E-state index contributed by atoms with van der Waals surface area (Å²) in [6, 6.07) is 17.4. The van der Waals surface area contributed by atoms with Gasteiger partial charge in [-0.05, 0) is 43.2 Å². The number of amides is 1. The molecule has 0 saturated heterocycles. The summed E-state index contributed by atoms with van der Waals surface area (Å²) in [5.41, 5.74) is 4.54. The smallest absolute Gasteiger partial charge is 0.248 e. The zero-order chi connectivity index (χ0) is 18.5. The number of rotatable bonds is 5. The van der Waals surface area contributed by atoms with Crippen molar-refractivity contribution >= 4 is 29.3 Å². The number of benzene rings is 2. The van der Waals surface area contributed by atoms with E-state index in [9.17, 15) is 4.79 Å². The minimum Gasteiger partial charge on any atom is -0.319 e. The first-order chi connectivity index (χ1) is 12.5. The molecule has 132 valence electrons. The Bertz CT molecular complexity index is 928. The molecule has 4 nitrogen and oxygen atoms in total. The molecule has 0 aliphatic rings. The van der Waals surface area contributed by atoms with Crippen LogP contribution < -0.4 is 5.32 Å². The van der Waals surface area contributed by atoms with Gasteiger partial charge in [-0.15, -0.1) is 0 Å². The number of anilines is 1. The number of carbonyl (C=O) groups excluding carboxylic acids is 1. The molecule has 0 radical (unpaired) electrons. The molecule has 26 heavy (non-hydrogen) atoms. The molecule has 0 aliphatic heterocycles. The maximum Gasteiger partial charge on any atom is 0.248 e. The normalized spacial score (nSPS) is 11.0. The van der Waals surface area contributed by atoms with Crippen molar-refractivity contribution < 1.29 is 4.79 Å². The van der Waals surface area contributed by atoms with E-state index in [1.165, 1.54) is 6.08 Å². The highest BCUT2D eigenvalue weighted by Gasteiger charge is 2.13. The lowest BCUT2D eigenvalue weighted by Gasteiger charge is -2.06. The lowest BCUT2D eigenvalue weighted by molar-refractivity contribution is -0.111. The highest BCUT2D eigenvalue weighted by Crippen LogP contribution is 2.21. The van der Waals surface area contributed by atoms with E-state index in [4.69, 9.17) is 11.6 Å². The quantitative estimate of drug-likeness (QED) is 0.657. The Balaban J connectivity index is 1.72. The van der Waals surface area contributed by atoms with Crippen LogP contribution in [0.15, 0.2) is 60.7 Å². The van der Waals surface area contributed by atoms with E-state index in [2.05, 4.69) is 10.4 Å². The van der Waals surface area contributed by atoms with E-state index in [0.29, 0.717) is 11.6 Å². The monoisotopic (exact) mass is 365 g/mol. The molecule has 5 heteroatoms. The van der Waals surface area contributed by atoms with Gasteiger partial charge in [0.05, 0.1) is 23.6 Å². The lowest BCUT2D eigenvalue weighted by atomic mass is 10.2. The summed E-state index contributed by atoms with van der Waals surface area (Å²) in [6.07, 6.45) is 3.32. The molecule has 0 spiro atoms. The van der Waals surface area contributed by atoms with Gasteiger partial charge in [0, 0.05) is 11.1 Å². The van der Waals surface area contributed by atoms with E-state index in [1.54, 1.807) is 6.08 Å². The third kappa shape index (κ3) is 4.41. The molecule has 3 aromatic rings. The number of hydrogen-bond acceptors (Lipinski definition) is 2. The Labute approximate surface area is 158 Å². The predicted molar refractivity (Wildman–Crippen MR) is 106 cm³/mol. The molecule has 0 atom stereocenters. The zero-order valence-corrected chi connectivity index (χ0v) is 15.5. The summed E-state index contributed by atoms with van der Waals surface area (Å²) in [5, 5.41) is 8.19. The van der Waals surface area contributed by atoms with Crippen LogP contribution in [0, 0.1) is 13.8 Å². The van der Waals surface area contributed by atoms with Crippen molar-refractivity contribution in [3.8, 4) is 0 Å². The maximum atomic E-state index is 12.2. The summed E-state index contributed by atoms with van der Waals surface area (Å²) in [5.74, 6) is -0.175. The SMILES string of the molecule is Cc1nn(Cc2ccc(Cl)cc2)c(C)c1NC(=O)C=Cc1ccccc1. The zero-order valence-electron chi connectivity index (χ0n) is 14.7. The molecular weight excluding hydrogens is 346 g/mol. The van der Waals surface area contributed by atoms with Gasteiger partial charge < -0.3 is 5.32 Å². The second kappa shape index (κ2) is 8.02. The van der Waals surface area contributed by atoms with Crippen molar-refractivity contribution in [3.05, 3.63) is 88.2 Å². The minimum absolute atomic E-state index is 0.175. The molecule has 1 aromatic heterocycles. The van der Waals surface area contributed by atoms with Crippen LogP contribution in [-0.4, -0.2) is 15.7 Å². The molecule has 0 aliphatic carbocycles. The van der Waals surface area contributed by atoms with Gasteiger partial charge in [0.2, 0.25) is 5.91 Å². The lowest BCUT2D eigenvalue weighted by Crippen LogP contribution is -2.10. The van der Waals surface area contributed by atoms with Crippen molar-refractivity contribution in [3.63, 3.8) is 0 Å². The van der Waals surface area contributed by atoms with Crippen molar-refractivity contribution in [1.29, 1.82) is 0 Å². The van der Waals surface area contributed by atoms with Crippen molar-refractivity contribution in [2.45, 2.75) is 20.4 Å². The van der Waals surface area contributed by atoms with Crippen molar-refractivity contribution in [2.24, 2.45) is 0 Å². The molecule has 1 N–H and O–H groups in total.